The van der Waals surface area contributed by atoms with Crippen molar-refractivity contribution >= 4 is 17.9 Å². The molecule has 0 bridgehead atoms. The highest BCUT2D eigenvalue weighted by Crippen LogP contribution is 2.29. The lowest BCUT2D eigenvalue weighted by atomic mass is 9.80. The molecule has 6 heteroatoms. The van der Waals surface area contributed by atoms with Crippen LogP contribution in [-0.2, 0) is 9.59 Å². The lowest BCUT2D eigenvalue weighted by Crippen LogP contribution is -2.61. The number of aliphatic hydroxyl groups is 1. The first-order chi connectivity index (χ1) is 12.0. The van der Waals surface area contributed by atoms with Crippen LogP contribution in [0.4, 0.5) is 0 Å². The molecule has 0 spiro atoms. The molecule has 1 fully saturated rings. The van der Waals surface area contributed by atoms with E-state index in [1.54, 1.807) is 18.2 Å². The molecule has 0 radical (unpaired) electrons. The minimum atomic E-state index is -0.912. The number of hydrogen-bond acceptors (Lipinski definition) is 4. The van der Waals surface area contributed by atoms with Gasteiger partial charge in [-0.1, -0.05) is 33.1 Å². The Morgan fingerprint density at radius 1 is 1.32 bits per heavy atom. The van der Waals surface area contributed by atoms with E-state index in [0.29, 0.717) is 18.6 Å². The largest absolute Gasteiger partial charge is 0.465 e. The van der Waals surface area contributed by atoms with Gasteiger partial charge in [-0.2, -0.15) is 0 Å². The molecule has 1 aromatic heterocycles. The molecule has 25 heavy (non-hydrogen) atoms. The smallest absolute Gasteiger partial charge is 0.246 e. The van der Waals surface area contributed by atoms with Gasteiger partial charge in [0.1, 0.15) is 11.3 Å². The predicted octanol–water partition coefficient (Wildman–Crippen LogP) is 2.25. The summed E-state index contributed by atoms with van der Waals surface area (Å²) in [4.78, 5) is 25.2. The van der Waals surface area contributed by atoms with Crippen LogP contribution in [-0.4, -0.2) is 35.1 Å². The van der Waals surface area contributed by atoms with Gasteiger partial charge in [0.15, 0.2) is 0 Å². The quantitative estimate of drug-likeness (QED) is 0.659. The van der Waals surface area contributed by atoms with Crippen molar-refractivity contribution in [1.82, 2.24) is 10.6 Å². The first kappa shape index (κ1) is 19.2. The van der Waals surface area contributed by atoms with Crippen LogP contribution >= 0.6 is 0 Å². The number of carbonyl (C=O) groups is 2. The molecule has 6 nitrogen and oxygen atoms in total. The highest BCUT2D eigenvalue weighted by atomic mass is 16.3. The third kappa shape index (κ3) is 5.19. The fourth-order valence-corrected chi connectivity index (χ4v) is 3.12. The highest BCUT2D eigenvalue weighted by molar-refractivity contribution is 5.97. The molecule has 1 heterocycles. The predicted molar refractivity (Wildman–Crippen MR) is 95.6 cm³/mol. The molecule has 1 aliphatic rings. The fourth-order valence-electron chi connectivity index (χ4n) is 3.12. The van der Waals surface area contributed by atoms with Crippen molar-refractivity contribution in [3.05, 3.63) is 30.2 Å². The first-order valence-corrected chi connectivity index (χ1v) is 8.92. The van der Waals surface area contributed by atoms with E-state index >= 15 is 0 Å². The van der Waals surface area contributed by atoms with Gasteiger partial charge in [-0.25, -0.2) is 0 Å². The Morgan fingerprint density at radius 3 is 2.60 bits per heavy atom. The standard InChI is InChI=1S/C19H28N2O4/c1-14(2)16(13-22)20-18(24)19(10-4-3-5-11-19)21-17(23)9-8-15-7-6-12-25-15/h6-9,12,14,16,22H,3-5,10-11,13H2,1-2H3,(H,20,24)(H,21,23)/t16-/m1/s1. The first-order valence-electron chi connectivity index (χ1n) is 8.92. The van der Waals surface area contributed by atoms with Gasteiger partial charge in [0.05, 0.1) is 18.9 Å². The molecule has 1 aliphatic carbocycles. The Bertz CT molecular complexity index is 587. The number of hydrogen-bond donors (Lipinski definition) is 3. The molecular weight excluding hydrogens is 320 g/mol. The Kier molecular flexibility index (Phi) is 6.82. The number of amides is 2. The van der Waals surface area contributed by atoms with E-state index in [9.17, 15) is 14.7 Å². The molecule has 0 aliphatic heterocycles. The van der Waals surface area contributed by atoms with Crippen LogP contribution in [0.5, 0.6) is 0 Å². The Morgan fingerprint density at radius 2 is 2.04 bits per heavy atom. The summed E-state index contributed by atoms with van der Waals surface area (Å²) < 4.78 is 5.17. The number of carbonyl (C=O) groups excluding carboxylic acids is 2. The van der Waals surface area contributed by atoms with Crippen LogP contribution in [0.2, 0.25) is 0 Å². The summed E-state index contributed by atoms with van der Waals surface area (Å²) >= 11 is 0. The summed E-state index contributed by atoms with van der Waals surface area (Å²) in [7, 11) is 0. The van der Waals surface area contributed by atoms with Crippen LogP contribution < -0.4 is 10.6 Å². The monoisotopic (exact) mass is 348 g/mol. The molecule has 2 rings (SSSR count). The van der Waals surface area contributed by atoms with Gasteiger partial charge >= 0.3 is 0 Å². The van der Waals surface area contributed by atoms with E-state index in [1.807, 2.05) is 13.8 Å². The number of furan rings is 1. The lowest BCUT2D eigenvalue weighted by molar-refractivity contribution is -0.134. The second kappa shape index (κ2) is 8.85. The zero-order valence-corrected chi connectivity index (χ0v) is 15.0. The van der Waals surface area contributed by atoms with Gasteiger partial charge in [-0.15, -0.1) is 0 Å². The van der Waals surface area contributed by atoms with Crippen molar-refractivity contribution < 1.29 is 19.1 Å². The minimum Gasteiger partial charge on any atom is -0.465 e. The van der Waals surface area contributed by atoms with E-state index in [4.69, 9.17) is 4.42 Å². The van der Waals surface area contributed by atoms with Crippen LogP contribution in [0.25, 0.3) is 6.08 Å². The average Bonchev–Trinajstić information content (AvgIpc) is 3.11. The number of nitrogens with one attached hydrogen (secondary N) is 2. The second-order valence-corrected chi connectivity index (χ2v) is 6.99. The van der Waals surface area contributed by atoms with Gasteiger partial charge in [-0.05, 0) is 37.0 Å². The summed E-state index contributed by atoms with van der Waals surface area (Å²) in [5, 5.41) is 15.3. The molecule has 1 aromatic rings. The third-order valence-electron chi connectivity index (χ3n) is 4.76. The van der Waals surface area contributed by atoms with E-state index in [2.05, 4.69) is 10.6 Å². The topological polar surface area (TPSA) is 91.6 Å². The summed E-state index contributed by atoms with van der Waals surface area (Å²) in [5.41, 5.74) is -0.912. The molecule has 2 amide bonds. The van der Waals surface area contributed by atoms with Gasteiger partial charge in [-0.3, -0.25) is 9.59 Å². The molecule has 0 saturated heterocycles. The zero-order valence-electron chi connectivity index (χ0n) is 15.0. The van der Waals surface area contributed by atoms with Gasteiger partial charge in [0.25, 0.3) is 0 Å². The van der Waals surface area contributed by atoms with Crippen molar-refractivity contribution in [2.75, 3.05) is 6.61 Å². The van der Waals surface area contributed by atoms with E-state index in [1.165, 1.54) is 12.3 Å². The Balaban J connectivity index is 2.08. The van der Waals surface area contributed by atoms with Crippen LogP contribution in [0, 0.1) is 5.92 Å². The van der Waals surface area contributed by atoms with E-state index in [-0.39, 0.29) is 30.4 Å². The normalized spacial score (nSPS) is 18.2. The molecule has 0 aromatic carbocycles. The lowest BCUT2D eigenvalue weighted by Gasteiger charge is -2.37. The van der Waals surface area contributed by atoms with E-state index in [0.717, 1.165) is 19.3 Å². The highest BCUT2D eigenvalue weighted by Gasteiger charge is 2.41. The van der Waals surface area contributed by atoms with Crippen molar-refractivity contribution in [2.24, 2.45) is 5.92 Å². The molecule has 3 N–H and O–H groups in total. The van der Waals surface area contributed by atoms with Gasteiger partial charge in [0.2, 0.25) is 11.8 Å². The van der Waals surface area contributed by atoms with Crippen LogP contribution in [0.1, 0.15) is 51.7 Å². The SMILES string of the molecule is CC(C)[C@@H](CO)NC(=O)C1(NC(=O)C=Cc2ccco2)CCCCC1. The summed E-state index contributed by atoms with van der Waals surface area (Å²) in [6, 6.07) is 3.18. The molecular formula is C19H28N2O4. The molecule has 1 saturated carbocycles. The minimum absolute atomic E-state index is 0.115. The average molecular weight is 348 g/mol. The Hall–Kier alpha value is -2.08. The van der Waals surface area contributed by atoms with Gasteiger partial charge in [0, 0.05) is 6.08 Å². The maximum Gasteiger partial charge on any atom is 0.246 e. The Labute approximate surface area is 148 Å². The molecule has 1 atom stereocenters. The van der Waals surface area contributed by atoms with Crippen molar-refractivity contribution in [2.45, 2.75) is 57.5 Å². The van der Waals surface area contributed by atoms with Crippen molar-refractivity contribution in [1.29, 1.82) is 0 Å². The number of rotatable bonds is 7. The third-order valence-corrected chi connectivity index (χ3v) is 4.76. The summed E-state index contributed by atoms with van der Waals surface area (Å²) in [6.07, 6.45) is 8.55. The van der Waals surface area contributed by atoms with Gasteiger partial charge < -0.3 is 20.2 Å². The van der Waals surface area contributed by atoms with Crippen molar-refractivity contribution in [3.63, 3.8) is 0 Å². The number of aliphatic hydroxyl groups excluding tert-OH is 1. The second-order valence-electron chi connectivity index (χ2n) is 6.99. The molecule has 0 unspecified atom stereocenters. The fraction of sp³-hybridized carbons (Fsp3) is 0.579. The molecule has 138 valence electrons. The zero-order chi connectivity index (χ0) is 18.3. The summed E-state index contributed by atoms with van der Waals surface area (Å²) in [5.74, 6) is 0.167. The van der Waals surface area contributed by atoms with Crippen LogP contribution in [0.15, 0.2) is 28.9 Å². The maximum atomic E-state index is 12.9. The van der Waals surface area contributed by atoms with E-state index < -0.39 is 5.54 Å². The summed E-state index contributed by atoms with van der Waals surface area (Å²) in [6.45, 7) is 3.77. The maximum absolute atomic E-state index is 12.9. The van der Waals surface area contributed by atoms with Crippen LogP contribution in [0.3, 0.4) is 0 Å². The van der Waals surface area contributed by atoms with Crippen molar-refractivity contribution in [3.8, 4) is 0 Å².